The molecule has 0 aromatic heterocycles. The highest BCUT2D eigenvalue weighted by atomic mass is 16.3. The van der Waals surface area contributed by atoms with E-state index in [9.17, 15) is 9.90 Å². The minimum atomic E-state index is 0.135. The number of urea groups is 1. The second-order valence-corrected chi connectivity index (χ2v) is 7.47. The fourth-order valence-corrected chi connectivity index (χ4v) is 4.62. The van der Waals surface area contributed by atoms with Gasteiger partial charge in [-0.1, -0.05) is 19.3 Å². The molecule has 1 aliphatic carbocycles. The quantitative estimate of drug-likeness (QED) is 0.727. The fraction of sp³-hybridized carbons (Fsp3) is 0.941. The molecule has 1 saturated carbocycles. The van der Waals surface area contributed by atoms with Crippen molar-refractivity contribution in [1.82, 2.24) is 15.5 Å². The van der Waals surface area contributed by atoms with E-state index in [1.807, 2.05) is 4.90 Å². The van der Waals surface area contributed by atoms with Gasteiger partial charge in [-0.25, -0.2) is 4.79 Å². The van der Waals surface area contributed by atoms with Crippen molar-refractivity contribution in [2.24, 2.45) is 11.3 Å². The molecule has 2 amide bonds. The first-order valence-electron chi connectivity index (χ1n) is 9.10. The largest absolute Gasteiger partial charge is 0.396 e. The normalized spacial score (nSPS) is 29.5. The second-order valence-electron chi connectivity index (χ2n) is 7.47. The molecule has 0 bridgehead atoms. The fourth-order valence-electron chi connectivity index (χ4n) is 4.62. The number of aliphatic hydroxyl groups is 1. The van der Waals surface area contributed by atoms with Gasteiger partial charge in [0.2, 0.25) is 0 Å². The van der Waals surface area contributed by atoms with Crippen LogP contribution in [0.1, 0.15) is 51.4 Å². The van der Waals surface area contributed by atoms with Gasteiger partial charge in [0.15, 0.2) is 0 Å². The maximum absolute atomic E-state index is 12.4. The molecule has 1 atom stereocenters. The zero-order chi connectivity index (χ0) is 15.4. The maximum atomic E-state index is 12.4. The molecule has 5 nitrogen and oxygen atoms in total. The monoisotopic (exact) mass is 309 g/mol. The number of nitrogens with one attached hydrogen (secondary N) is 2. The molecule has 3 N–H and O–H groups in total. The van der Waals surface area contributed by atoms with Gasteiger partial charge >= 0.3 is 6.03 Å². The average Bonchev–Trinajstić information content (AvgIpc) is 2.57. The van der Waals surface area contributed by atoms with Crippen molar-refractivity contribution in [3.05, 3.63) is 0 Å². The zero-order valence-corrected chi connectivity index (χ0v) is 13.6. The van der Waals surface area contributed by atoms with Crippen LogP contribution in [0.5, 0.6) is 0 Å². The van der Waals surface area contributed by atoms with Gasteiger partial charge in [-0.05, 0) is 44.1 Å². The number of nitrogens with zero attached hydrogens (tertiary/aromatic N) is 1. The number of likely N-dealkylation sites (tertiary alicyclic amines) is 1. The number of hydrogen-bond donors (Lipinski definition) is 3. The zero-order valence-electron chi connectivity index (χ0n) is 13.6. The molecule has 0 aromatic carbocycles. The van der Waals surface area contributed by atoms with Gasteiger partial charge < -0.3 is 20.6 Å². The van der Waals surface area contributed by atoms with E-state index in [0.29, 0.717) is 12.0 Å². The van der Waals surface area contributed by atoms with Crippen LogP contribution in [-0.4, -0.2) is 54.9 Å². The minimum Gasteiger partial charge on any atom is -0.396 e. The summed E-state index contributed by atoms with van der Waals surface area (Å²) in [5, 5.41) is 16.3. The number of carbonyl (C=O) groups is 1. The molecular formula is C17H31N3O2. The Bertz CT molecular complexity index is 374. The molecule has 22 heavy (non-hydrogen) atoms. The molecule has 3 aliphatic rings. The third kappa shape index (κ3) is 3.40. The number of piperidine rings is 2. The molecule has 0 radical (unpaired) electrons. The lowest BCUT2D eigenvalue weighted by Gasteiger charge is -2.49. The lowest BCUT2D eigenvalue weighted by atomic mass is 9.65. The van der Waals surface area contributed by atoms with Crippen molar-refractivity contribution in [2.75, 3.05) is 32.8 Å². The van der Waals surface area contributed by atoms with Gasteiger partial charge in [-0.15, -0.1) is 0 Å². The van der Waals surface area contributed by atoms with Crippen molar-refractivity contribution in [3.63, 3.8) is 0 Å². The van der Waals surface area contributed by atoms with Crippen LogP contribution in [0.2, 0.25) is 0 Å². The molecule has 3 rings (SSSR count). The Balaban J connectivity index is 1.51. The molecule has 2 saturated heterocycles. The van der Waals surface area contributed by atoms with Gasteiger partial charge in [0.05, 0.1) is 0 Å². The first kappa shape index (κ1) is 16.1. The van der Waals surface area contributed by atoms with Crippen LogP contribution in [0.15, 0.2) is 0 Å². The van der Waals surface area contributed by atoms with Crippen molar-refractivity contribution >= 4 is 6.03 Å². The second kappa shape index (κ2) is 7.18. The molecule has 0 unspecified atom stereocenters. The Labute approximate surface area is 133 Å². The lowest BCUT2D eigenvalue weighted by Crippen LogP contribution is -2.55. The standard InChI is InChI=1S/C17H31N3O2/c21-13-14-12-18-9-6-17(14)7-10-20(11-8-17)16(22)19-15-4-2-1-3-5-15/h14-15,18,21H,1-13H2,(H,19,22)/t14-/m0/s1. The molecule has 0 aromatic rings. The number of rotatable bonds is 2. The highest BCUT2D eigenvalue weighted by molar-refractivity contribution is 5.74. The SMILES string of the molecule is O=C(NC1CCCCC1)N1CCC2(CCNC[C@H]2CO)CC1. The van der Waals surface area contributed by atoms with Crippen LogP contribution < -0.4 is 10.6 Å². The first-order valence-corrected chi connectivity index (χ1v) is 9.10. The first-order chi connectivity index (χ1) is 10.7. The summed E-state index contributed by atoms with van der Waals surface area (Å²) in [5.74, 6) is 0.352. The van der Waals surface area contributed by atoms with Crippen molar-refractivity contribution in [3.8, 4) is 0 Å². The predicted molar refractivity (Wildman–Crippen MR) is 86.7 cm³/mol. The molecule has 3 fully saturated rings. The van der Waals surface area contributed by atoms with Crippen LogP contribution in [0, 0.1) is 11.3 Å². The number of carbonyl (C=O) groups excluding carboxylic acids is 1. The molecule has 2 heterocycles. The van der Waals surface area contributed by atoms with Crippen LogP contribution in [0.3, 0.4) is 0 Å². The Hall–Kier alpha value is -0.810. The van der Waals surface area contributed by atoms with E-state index >= 15 is 0 Å². The molecule has 1 spiro atoms. The molecule has 5 heteroatoms. The summed E-state index contributed by atoms with van der Waals surface area (Å²) in [7, 11) is 0. The van der Waals surface area contributed by atoms with E-state index in [2.05, 4.69) is 10.6 Å². The van der Waals surface area contributed by atoms with Crippen molar-refractivity contribution in [1.29, 1.82) is 0 Å². The van der Waals surface area contributed by atoms with E-state index in [1.54, 1.807) is 0 Å². The third-order valence-electron chi connectivity index (χ3n) is 6.26. The Morgan fingerprint density at radius 1 is 1.18 bits per heavy atom. The third-order valence-corrected chi connectivity index (χ3v) is 6.26. The van der Waals surface area contributed by atoms with Crippen LogP contribution in [0.4, 0.5) is 4.79 Å². The minimum absolute atomic E-state index is 0.135. The summed E-state index contributed by atoms with van der Waals surface area (Å²) in [6.07, 6.45) is 9.31. The van der Waals surface area contributed by atoms with Crippen LogP contribution in [0.25, 0.3) is 0 Å². The number of aliphatic hydroxyl groups excluding tert-OH is 1. The van der Waals surface area contributed by atoms with E-state index in [0.717, 1.165) is 58.3 Å². The highest BCUT2D eigenvalue weighted by Crippen LogP contribution is 2.43. The van der Waals surface area contributed by atoms with Gasteiger partial charge in [-0.2, -0.15) is 0 Å². The predicted octanol–water partition coefficient (Wildman–Crippen LogP) is 1.71. The summed E-state index contributed by atoms with van der Waals surface area (Å²) in [5.41, 5.74) is 0.252. The lowest BCUT2D eigenvalue weighted by molar-refractivity contribution is 0.00473. The Kier molecular flexibility index (Phi) is 5.24. The van der Waals surface area contributed by atoms with Gasteiger partial charge in [0.25, 0.3) is 0 Å². The maximum Gasteiger partial charge on any atom is 0.317 e. The van der Waals surface area contributed by atoms with Crippen LogP contribution >= 0.6 is 0 Å². The van der Waals surface area contributed by atoms with E-state index in [4.69, 9.17) is 0 Å². The summed E-state index contributed by atoms with van der Waals surface area (Å²) in [6.45, 7) is 3.92. The van der Waals surface area contributed by atoms with E-state index < -0.39 is 0 Å². The van der Waals surface area contributed by atoms with Crippen molar-refractivity contribution < 1.29 is 9.90 Å². The molecule has 126 valence electrons. The van der Waals surface area contributed by atoms with Gasteiger partial charge in [0, 0.05) is 38.2 Å². The summed E-state index contributed by atoms with van der Waals surface area (Å²) < 4.78 is 0. The van der Waals surface area contributed by atoms with Crippen LogP contribution in [-0.2, 0) is 0 Å². The summed E-state index contributed by atoms with van der Waals surface area (Å²) >= 11 is 0. The summed E-state index contributed by atoms with van der Waals surface area (Å²) in [4.78, 5) is 14.4. The van der Waals surface area contributed by atoms with Gasteiger partial charge in [0.1, 0.15) is 0 Å². The smallest absolute Gasteiger partial charge is 0.317 e. The number of hydrogen-bond acceptors (Lipinski definition) is 3. The van der Waals surface area contributed by atoms with E-state index in [-0.39, 0.29) is 18.1 Å². The summed E-state index contributed by atoms with van der Waals surface area (Å²) in [6, 6.07) is 0.525. The van der Waals surface area contributed by atoms with Gasteiger partial charge in [-0.3, -0.25) is 0 Å². The Morgan fingerprint density at radius 2 is 1.91 bits per heavy atom. The number of amides is 2. The topological polar surface area (TPSA) is 64.6 Å². The molecular weight excluding hydrogens is 278 g/mol. The average molecular weight is 309 g/mol. The highest BCUT2D eigenvalue weighted by Gasteiger charge is 2.43. The Morgan fingerprint density at radius 3 is 2.59 bits per heavy atom. The van der Waals surface area contributed by atoms with E-state index in [1.165, 1.54) is 19.3 Å². The molecule has 2 aliphatic heterocycles. The van der Waals surface area contributed by atoms with Crippen molar-refractivity contribution in [2.45, 2.75) is 57.4 Å².